The summed E-state index contributed by atoms with van der Waals surface area (Å²) in [5.74, 6) is 0.177. The van der Waals surface area contributed by atoms with Gasteiger partial charge in [-0.25, -0.2) is 0 Å². The van der Waals surface area contributed by atoms with Crippen molar-refractivity contribution >= 4 is 17.4 Å². The van der Waals surface area contributed by atoms with E-state index in [1.54, 1.807) is 17.8 Å². The minimum atomic E-state index is -0.0821. The number of Topliss-reactive ketones (excluding diaryl/α,β-unsaturated/α-hetero) is 1. The van der Waals surface area contributed by atoms with Crippen LogP contribution in [0.4, 0.5) is 5.69 Å². The molecule has 1 aliphatic heterocycles. The van der Waals surface area contributed by atoms with Gasteiger partial charge in [-0.2, -0.15) is 5.10 Å². The van der Waals surface area contributed by atoms with E-state index in [0.717, 1.165) is 37.4 Å². The molecule has 6 heteroatoms. The molecule has 0 aliphatic carbocycles. The fourth-order valence-corrected chi connectivity index (χ4v) is 3.17. The summed E-state index contributed by atoms with van der Waals surface area (Å²) in [6, 6.07) is 9.55. The van der Waals surface area contributed by atoms with Crippen LogP contribution in [0.1, 0.15) is 24.2 Å². The highest BCUT2D eigenvalue weighted by Gasteiger charge is 2.25. The molecule has 1 saturated heterocycles. The summed E-state index contributed by atoms with van der Waals surface area (Å²) >= 11 is 0. The highest BCUT2D eigenvalue weighted by molar-refractivity contribution is 5.94. The van der Waals surface area contributed by atoms with E-state index in [0.29, 0.717) is 6.54 Å². The number of amides is 1. The van der Waals surface area contributed by atoms with Crippen LogP contribution in [0.3, 0.4) is 0 Å². The Morgan fingerprint density at radius 1 is 1.12 bits per heavy atom. The van der Waals surface area contributed by atoms with Gasteiger partial charge in [-0.15, -0.1) is 0 Å². The van der Waals surface area contributed by atoms with Gasteiger partial charge in [-0.05, 0) is 37.3 Å². The molecule has 0 spiro atoms. The van der Waals surface area contributed by atoms with E-state index >= 15 is 0 Å². The molecule has 1 aromatic heterocycles. The van der Waals surface area contributed by atoms with Gasteiger partial charge in [0.15, 0.2) is 5.78 Å². The van der Waals surface area contributed by atoms with Crippen LogP contribution in [-0.4, -0.2) is 52.5 Å². The van der Waals surface area contributed by atoms with E-state index in [4.69, 9.17) is 0 Å². The smallest absolute Gasteiger partial charge is 0.227 e. The largest absolute Gasteiger partial charge is 0.368 e. The van der Waals surface area contributed by atoms with E-state index in [-0.39, 0.29) is 17.6 Å². The summed E-state index contributed by atoms with van der Waals surface area (Å²) < 4.78 is 1.80. The molecular weight excluding hydrogens is 316 g/mol. The Kier molecular flexibility index (Phi) is 5.16. The zero-order valence-electron chi connectivity index (χ0n) is 14.8. The number of ketones is 1. The molecular formula is C19H24N4O2. The maximum Gasteiger partial charge on any atom is 0.227 e. The number of hydrogen-bond acceptors (Lipinski definition) is 4. The Labute approximate surface area is 148 Å². The zero-order valence-corrected chi connectivity index (χ0v) is 14.8. The van der Waals surface area contributed by atoms with Crippen LogP contribution < -0.4 is 4.90 Å². The van der Waals surface area contributed by atoms with Gasteiger partial charge >= 0.3 is 0 Å². The predicted molar refractivity (Wildman–Crippen MR) is 96.6 cm³/mol. The Balaban J connectivity index is 1.54. The third kappa shape index (κ3) is 4.07. The molecule has 1 amide bonds. The van der Waals surface area contributed by atoms with Crippen molar-refractivity contribution < 1.29 is 9.59 Å². The molecule has 6 nitrogen and oxygen atoms in total. The molecule has 2 aromatic rings. The monoisotopic (exact) mass is 340 g/mol. The van der Waals surface area contributed by atoms with Crippen molar-refractivity contribution in [3.8, 4) is 0 Å². The van der Waals surface area contributed by atoms with Crippen molar-refractivity contribution in [1.82, 2.24) is 14.7 Å². The first kappa shape index (κ1) is 17.2. The number of carbonyl (C=O) groups excluding carboxylic acids is 2. The summed E-state index contributed by atoms with van der Waals surface area (Å²) in [5, 5.41) is 4.17. The Morgan fingerprint density at radius 3 is 2.36 bits per heavy atom. The third-order valence-electron chi connectivity index (χ3n) is 4.67. The number of aromatic nitrogens is 2. The molecule has 132 valence electrons. The summed E-state index contributed by atoms with van der Waals surface area (Å²) in [6.07, 6.45) is 3.61. The quantitative estimate of drug-likeness (QED) is 0.782. The number of anilines is 1. The second-order valence-electron chi connectivity index (χ2n) is 6.54. The molecule has 1 aliphatic rings. The zero-order chi connectivity index (χ0) is 17.8. The van der Waals surface area contributed by atoms with Crippen LogP contribution in [0.25, 0.3) is 0 Å². The molecule has 0 radical (unpaired) electrons. The molecule has 0 N–H and O–H groups in total. The Bertz CT molecular complexity index is 716. The lowest BCUT2D eigenvalue weighted by Crippen LogP contribution is -2.50. The average Bonchev–Trinajstić information content (AvgIpc) is 3.14. The van der Waals surface area contributed by atoms with Gasteiger partial charge in [0.1, 0.15) is 0 Å². The van der Waals surface area contributed by atoms with Crippen LogP contribution in [0.2, 0.25) is 0 Å². The predicted octanol–water partition coefficient (Wildman–Crippen LogP) is 2.07. The lowest BCUT2D eigenvalue weighted by Gasteiger charge is -2.37. The fraction of sp³-hybridized carbons (Fsp3) is 0.421. The van der Waals surface area contributed by atoms with Crippen molar-refractivity contribution in [3.05, 3.63) is 48.3 Å². The molecule has 2 heterocycles. The number of hydrogen-bond donors (Lipinski definition) is 0. The molecule has 1 atom stereocenters. The Hall–Kier alpha value is -2.63. The second-order valence-corrected chi connectivity index (χ2v) is 6.54. The van der Waals surface area contributed by atoms with Crippen LogP contribution in [-0.2, 0) is 11.3 Å². The van der Waals surface area contributed by atoms with E-state index in [1.165, 1.54) is 0 Å². The van der Waals surface area contributed by atoms with Crippen molar-refractivity contribution in [2.75, 3.05) is 31.1 Å². The van der Waals surface area contributed by atoms with Crippen molar-refractivity contribution in [1.29, 1.82) is 0 Å². The number of rotatable bonds is 5. The van der Waals surface area contributed by atoms with E-state index < -0.39 is 0 Å². The number of nitrogens with zero attached hydrogens (tertiary/aromatic N) is 4. The van der Waals surface area contributed by atoms with Crippen molar-refractivity contribution in [2.45, 2.75) is 20.4 Å². The summed E-state index contributed by atoms with van der Waals surface area (Å²) in [6.45, 7) is 7.19. The molecule has 3 rings (SSSR count). The fourth-order valence-electron chi connectivity index (χ4n) is 3.17. The van der Waals surface area contributed by atoms with Gasteiger partial charge in [0.05, 0.1) is 12.5 Å². The maximum atomic E-state index is 12.6. The van der Waals surface area contributed by atoms with Gasteiger partial charge in [0.2, 0.25) is 5.91 Å². The first-order chi connectivity index (χ1) is 12.0. The number of benzene rings is 1. The van der Waals surface area contributed by atoms with Crippen LogP contribution >= 0.6 is 0 Å². The lowest BCUT2D eigenvalue weighted by molar-refractivity contribution is -0.135. The topological polar surface area (TPSA) is 58.4 Å². The van der Waals surface area contributed by atoms with Crippen LogP contribution in [0.5, 0.6) is 0 Å². The number of carbonyl (C=O) groups is 2. The summed E-state index contributed by atoms with van der Waals surface area (Å²) in [7, 11) is 0. The SMILES string of the molecule is CC(=O)c1ccc(N2CCN(C(=O)[C@@H](C)Cn3cccn3)CC2)cc1. The van der Waals surface area contributed by atoms with E-state index in [2.05, 4.69) is 10.00 Å². The third-order valence-corrected chi connectivity index (χ3v) is 4.67. The minimum Gasteiger partial charge on any atom is -0.368 e. The molecule has 0 bridgehead atoms. The Morgan fingerprint density at radius 2 is 1.80 bits per heavy atom. The molecule has 1 fully saturated rings. The van der Waals surface area contributed by atoms with Gasteiger partial charge in [-0.1, -0.05) is 6.92 Å². The first-order valence-corrected chi connectivity index (χ1v) is 8.67. The first-order valence-electron chi connectivity index (χ1n) is 8.67. The maximum absolute atomic E-state index is 12.6. The van der Waals surface area contributed by atoms with E-state index in [9.17, 15) is 9.59 Å². The second kappa shape index (κ2) is 7.51. The van der Waals surface area contributed by atoms with Gasteiger partial charge in [0.25, 0.3) is 0 Å². The van der Waals surface area contributed by atoms with Crippen molar-refractivity contribution in [3.63, 3.8) is 0 Å². The van der Waals surface area contributed by atoms with Crippen LogP contribution in [0, 0.1) is 5.92 Å². The van der Waals surface area contributed by atoms with Gasteiger partial charge < -0.3 is 9.80 Å². The van der Waals surface area contributed by atoms with Gasteiger partial charge in [-0.3, -0.25) is 14.3 Å². The average molecular weight is 340 g/mol. The molecule has 25 heavy (non-hydrogen) atoms. The minimum absolute atomic E-state index is 0.0770. The standard InChI is InChI=1S/C19H24N4O2/c1-15(14-23-9-3-8-20-23)19(25)22-12-10-21(11-13-22)18-6-4-17(5-7-18)16(2)24/h3-9,15H,10-14H2,1-2H3/t15-/m0/s1. The normalized spacial score (nSPS) is 15.9. The summed E-state index contributed by atoms with van der Waals surface area (Å²) in [5.41, 5.74) is 1.83. The highest BCUT2D eigenvalue weighted by atomic mass is 16.2. The van der Waals surface area contributed by atoms with E-state index in [1.807, 2.05) is 48.4 Å². The molecule has 1 aromatic carbocycles. The van der Waals surface area contributed by atoms with Crippen molar-refractivity contribution in [2.24, 2.45) is 5.92 Å². The highest BCUT2D eigenvalue weighted by Crippen LogP contribution is 2.18. The van der Waals surface area contributed by atoms with Gasteiger partial charge in [0, 0.05) is 49.8 Å². The molecule has 0 unspecified atom stereocenters. The number of piperazine rings is 1. The van der Waals surface area contributed by atoms with Crippen LogP contribution in [0.15, 0.2) is 42.7 Å². The molecule has 0 saturated carbocycles. The summed E-state index contributed by atoms with van der Waals surface area (Å²) in [4.78, 5) is 28.2. The lowest BCUT2D eigenvalue weighted by atomic mass is 10.1.